The zero-order chi connectivity index (χ0) is 19.0. The molecule has 0 amide bonds. The molecule has 2 aliphatic rings. The van der Waals surface area contributed by atoms with Gasteiger partial charge in [0.05, 0.1) is 17.6 Å². The highest BCUT2D eigenvalue weighted by atomic mass is 28.3. The van der Waals surface area contributed by atoms with E-state index in [1.165, 1.54) is 0 Å². The summed E-state index contributed by atoms with van der Waals surface area (Å²) in [5, 5.41) is 10.4. The lowest BCUT2D eigenvalue weighted by Crippen LogP contribution is -2.57. The molecule has 2 fully saturated rings. The average Bonchev–Trinajstić information content (AvgIpc) is 2.68. The van der Waals surface area contributed by atoms with E-state index in [9.17, 15) is 9.90 Å². The molecule has 0 spiro atoms. The van der Waals surface area contributed by atoms with Gasteiger partial charge in [-0.3, -0.25) is 0 Å². The molecule has 2 heterocycles. The number of hydrogen-bond donors (Lipinski definition) is 1. The molecule has 2 aliphatic heterocycles. The van der Waals surface area contributed by atoms with Crippen LogP contribution in [0.4, 0.5) is 0 Å². The number of hydrogen-bond acceptors (Lipinski definition) is 6. The molecule has 0 aromatic heterocycles. The maximum absolute atomic E-state index is 11.9. The van der Waals surface area contributed by atoms with Crippen LogP contribution in [0.2, 0.25) is 25.7 Å². The zero-order valence-electron chi connectivity index (χ0n) is 16.6. The van der Waals surface area contributed by atoms with Crippen molar-refractivity contribution in [3.05, 3.63) is 0 Å². The molecule has 0 aliphatic carbocycles. The Morgan fingerprint density at radius 1 is 1.32 bits per heavy atom. The van der Waals surface area contributed by atoms with Gasteiger partial charge in [0.1, 0.15) is 6.79 Å². The number of ether oxygens (including phenoxy) is 4. The Hall–Kier alpha value is -0.473. The zero-order valence-corrected chi connectivity index (χ0v) is 17.6. The van der Waals surface area contributed by atoms with E-state index >= 15 is 0 Å². The molecule has 0 aromatic rings. The van der Waals surface area contributed by atoms with Gasteiger partial charge in [-0.15, -0.1) is 0 Å². The molecule has 2 rings (SSSR count). The predicted octanol–water partition coefficient (Wildman–Crippen LogP) is 2.77. The fraction of sp³-hybridized carbons (Fsp3) is 0.944. The maximum atomic E-state index is 11.9. The Kier molecular flexibility index (Phi) is 6.06. The second kappa shape index (κ2) is 7.27. The summed E-state index contributed by atoms with van der Waals surface area (Å²) in [6.45, 7) is 15.7. The van der Waals surface area contributed by atoms with Gasteiger partial charge in [-0.1, -0.05) is 40.4 Å². The van der Waals surface area contributed by atoms with Crippen molar-refractivity contribution in [2.45, 2.75) is 84.4 Å². The highest BCUT2D eigenvalue weighted by Gasteiger charge is 2.63. The molecule has 6 nitrogen and oxygen atoms in total. The first-order chi connectivity index (χ1) is 11.4. The van der Waals surface area contributed by atoms with Crippen molar-refractivity contribution < 1.29 is 28.8 Å². The lowest BCUT2D eigenvalue weighted by molar-refractivity contribution is -0.285. The minimum absolute atomic E-state index is 0.123. The van der Waals surface area contributed by atoms with E-state index < -0.39 is 31.9 Å². The van der Waals surface area contributed by atoms with Crippen LogP contribution in [-0.4, -0.2) is 57.2 Å². The van der Waals surface area contributed by atoms with Gasteiger partial charge >= 0.3 is 5.97 Å². The molecule has 5 atom stereocenters. The first-order valence-corrected chi connectivity index (χ1v) is 12.8. The van der Waals surface area contributed by atoms with Crippen LogP contribution in [0.3, 0.4) is 0 Å². The summed E-state index contributed by atoms with van der Waals surface area (Å²) >= 11 is 0. The van der Waals surface area contributed by atoms with Crippen LogP contribution in [0.5, 0.6) is 0 Å². The molecule has 0 radical (unpaired) electrons. The van der Waals surface area contributed by atoms with E-state index in [1.54, 1.807) is 6.92 Å². The third-order valence-electron chi connectivity index (χ3n) is 5.27. The number of aliphatic hydroxyl groups is 1. The van der Waals surface area contributed by atoms with Crippen LogP contribution < -0.4 is 0 Å². The molecule has 25 heavy (non-hydrogen) atoms. The number of carbonyl (C=O) groups is 1. The average molecular weight is 375 g/mol. The van der Waals surface area contributed by atoms with Gasteiger partial charge in [-0.25, -0.2) is 4.79 Å². The molecule has 0 bridgehead atoms. The van der Waals surface area contributed by atoms with Crippen LogP contribution in [0.25, 0.3) is 0 Å². The Bertz CT molecular complexity index is 483. The van der Waals surface area contributed by atoms with Crippen molar-refractivity contribution in [2.24, 2.45) is 10.8 Å². The maximum Gasteiger partial charge on any atom is 0.338 e. The van der Waals surface area contributed by atoms with Crippen LogP contribution in [0.15, 0.2) is 0 Å². The summed E-state index contributed by atoms with van der Waals surface area (Å²) in [4.78, 5) is 11.9. The van der Waals surface area contributed by atoms with Crippen molar-refractivity contribution >= 4 is 14.0 Å². The Morgan fingerprint density at radius 3 is 2.52 bits per heavy atom. The summed E-state index contributed by atoms with van der Waals surface area (Å²) in [6.07, 6.45) is -1.95. The molecule has 0 aromatic carbocycles. The SMILES string of the molecule is CC(C)(C)[C@H]1C[C@H](OCOCC[Si](C)(C)C)C2(C)C(OC(=O)[C@H]2O)O1. The molecule has 0 saturated carbocycles. The first kappa shape index (κ1) is 20.8. The van der Waals surface area contributed by atoms with Gasteiger partial charge in [0.2, 0.25) is 6.29 Å². The predicted molar refractivity (Wildman–Crippen MR) is 96.8 cm³/mol. The quantitative estimate of drug-likeness (QED) is 0.333. The molecule has 7 heteroatoms. The lowest BCUT2D eigenvalue weighted by Gasteiger charge is -2.47. The van der Waals surface area contributed by atoms with Crippen molar-refractivity contribution in [3.8, 4) is 0 Å². The van der Waals surface area contributed by atoms with Gasteiger partial charge in [0, 0.05) is 21.1 Å². The molecule has 146 valence electrons. The summed E-state index contributed by atoms with van der Waals surface area (Å²) in [5.74, 6) is -0.643. The molecule has 1 N–H and O–H groups in total. The topological polar surface area (TPSA) is 74.2 Å². The molecular formula is C18H34O6Si. The minimum Gasteiger partial charge on any atom is -0.433 e. The largest absolute Gasteiger partial charge is 0.433 e. The van der Waals surface area contributed by atoms with Crippen LogP contribution in [0, 0.1) is 10.8 Å². The highest BCUT2D eigenvalue weighted by molar-refractivity contribution is 6.76. The normalized spacial score (nSPS) is 36.2. The molecule has 2 saturated heterocycles. The van der Waals surface area contributed by atoms with Gasteiger partial charge in [-0.2, -0.15) is 0 Å². The Morgan fingerprint density at radius 2 is 1.96 bits per heavy atom. The number of aliphatic hydroxyl groups excluding tert-OH is 1. The second-order valence-corrected chi connectivity index (χ2v) is 15.4. The molecular weight excluding hydrogens is 340 g/mol. The summed E-state index contributed by atoms with van der Waals surface area (Å²) in [6, 6.07) is 1.07. The Labute approximate surface area is 152 Å². The van der Waals surface area contributed by atoms with Crippen LogP contribution in [-0.2, 0) is 23.7 Å². The van der Waals surface area contributed by atoms with Gasteiger partial charge < -0.3 is 24.1 Å². The van der Waals surface area contributed by atoms with E-state index in [-0.39, 0.29) is 24.4 Å². The van der Waals surface area contributed by atoms with Gasteiger partial charge in [-0.05, 0) is 18.4 Å². The number of rotatable bonds is 6. The van der Waals surface area contributed by atoms with E-state index in [0.717, 1.165) is 6.04 Å². The van der Waals surface area contributed by atoms with Gasteiger partial charge in [0.15, 0.2) is 6.10 Å². The first-order valence-electron chi connectivity index (χ1n) is 9.09. The minimum atomic E-state index is -1.24. The standard InChI is InChI=1S/C18H34O6Si/c1-17(2,3)12-10-13(22-11-21-8-9-25(5,6)7)18(4)14(19)15(20)24-16(18)23-12/h12-14,16,19H,8-11H2,1-7H3/t12-,13+,14-,16?,18?/m1/s1. The van der Waals surface area contributed by atoms with E-state index in [2.05, 4.69) is 40.4 Å². The lowest BCUT2D eigenvalue weighted by atomic mass is 9.72. The number of fused-ring (bicyclic) bond motifs is 1. The van der Waals surface area contributed by atoms with Crippen LogP contribution in [0.1, 0.15) is 34.1 Å². The van der Waals surface area contributed by atoms with E-state index in [1.807, 2.05) is 0 Å². The Balaban J connectivity index is 2.02. The fourth-order valence-electron chi connectivity index (χ4n) is 3.21. The van der Waals surface area contributed by atoms with Crippen molar-refractivity contribution in [1.29, 1.82) is 0 Å². The van der Waals surface area contributed by atoms with Crippen molar-refractivity contribution in [1.82, 2.24) is 0 Å². The smallest absolute Gasteiger partial charge is 0.338 e. The monoisotopic (exact) mass is 374 g/mol. The summed E-state index contributed by atoms with van der Waals surface area (Å²) < 4.78 is 22.9. The van der Waals surface area contributed by atoms with E-state index in [4.69, 9.17) is 18.9 Å². The van der Waals surface area contributed by atoms with Gasteiger partial charge in [0.25, 0.3) is 0 Å². The fourth-order valence-corrected chi connectivity index (χ4v) is 3.96. The third-order valence-corrected chi connectivity index (χ3v) is 6.97. The summed E-state index contributed by atoms with van der Waals surface area (Å²) in [5.41, 5.74) is -1.04. The van der Waals surface area contributed by atoms with Crippen LogP contribution >= 0.6 is 0 Å². The van der Waals surface area contributed by atoms with Crippen molar-refractivity contribution in [3.63, 3.8) is 0 Å². The number of esters is 1. The van der Waals surface area contributed by atoms with Crippen molar-refractivity contribution in [2.75, 3.05) is 13.4 Å². The highest BCUT2D eigenvalue weighted by Crippen LogP contribution is 2.49. The molecule has 2 unspecified atom stereocenters. The van der Waals surface area contributed by atoms with E-state index in [0.29, 0.717) is 13.0 Å². The number of carbonyl (C=O) groups excluding carboxylic acids is 1. The summed E-state index contributed by atoms with van der Waals surface area (Å²) in [7, 11) is -1.14. The second-order valence-electron chi connectivity index (χ2n) is 9.76. The third kappa shape index (κ3) is 4.63.